The van der Waals surface area contributed by atoms with Crippen LogP contribution in [0.4, 0.5) is 0 Å². The third kappa shape index (κ3) is 3.60. The molecule has 0 aliphatic heterocycles. The Kier molecular flexibility index (Phi) is 5.22. The van der Waals surface area contributed by atoms with Gasteiger partial charge in [0.2, 0.25) is 0 Å². The Labute approximate surface area is 240 Å². The molecule has 0 spiro atoms. The summed E-state index contributed by atoms with van der Waals surface area (Å²) in [4.78, 5) is 0. The molecule has 0 N–H and O–H groups in total. The van der Waals surface area contributed by atoms with E-state index in [1.54, 1.807) is 6.07 Å². The van der Waals surface area contributed by atoms with Crippen LogP contribution in [0.1, 0.15) is 11.1 Å². The average molecular weight is 537 g/mol. The lowest BCUT2D eigenvalue weighted by Crippen LogP contribution is -1.91. The van der Waals surface area contributed by atoms with Gasteiger partial charge in [-0.15, -0.1) is 0 Å². The highest BCUT2D eigenvalue weighted by Crippen LogP contribution is 2.45. The van der Waals surface area contributed by atoms with Crippen molar-refractivity contribution in [3.8, 4) is 45.5 Å². The molecule has 2 aromatic heterocycles. The molecule has 8 aromatic rings. The number of para-hydroxylation sites is 2. The van der Waals surface area contributed by atoms with E-state index in [1.165, 1.54) is 0 Å². The molecule has 0 aliphatic rings. The molecule has 8 rings (SSSR count). The molecule has 2 heterocycles. The SMILES string of the molecule is N#Cc1cccc(-c2c(-c3ccc4c(c3)oc3ccc(C#N)cc34)cccc2-c2cccc3c2oc2ccccc23)c1. The van der Waals surface area contributed by atoms with Crippen LogP contribution in [0.5, 0.6) is 0 Å². The number of nitrogens with zero attached hydrogens (tertiary/aromatic N) is 2. The van der Waals surface area contributed by atoms with Crippen LogP contribution < -0.4 is 0 Å². The van der Waals surface area contributed by atoms with Gasteiger partial charge in [0, 0.05) is 27.1 Å². The van der Waals surface area contributed by atoms with Gasteiger partial charge in [-0.3, -0.25) is 0 Å². The van der Waals surface area contributed by atoms with Gasteiger partial charge >= 0.3 is 0 Å². The zero-order valence-corrected chi connectivity index (χ0v) is 22.3. The van der Waals surface area contributed by atoms with Gasteiger partial charge in [-0.1, -0.05) is 72.8 Å². The molecule has 0 unspecified atom stereocenters. The van der Waals surface area contributed by atoms with Crippen molar-refractivity contribution < 1.29 is 8.83 Å². The van der Waals surface area contributed by atoms with Crippen molar-refractivity contribution in [1.29, 1.82) is 10.5 Å². The molecule has 42 heavy (non-hydrogen) atoms. The number of fused-ring (bicyclic) bond motifs is 6. The summed E-state index contributed by atoms with van der Waals surface area (Å²) in [5, 5.41) is 23.1. The highest BCUT2D eigenvalue weighted by atomic mass is 16.3. The van der Waals surface area contributed by atoms with Gasteiger partial charge < -0.3 is 8.83 Å². The fourth-order valence-electron chi connectivity index (χ4n) is 6.05. The maximum Gasteiger partial charge on any atom is 0.143 e. The van der Waals surface area contributed by atoms with E-state index in [-0.39, 0.29) is 0 Å². The van der Waals surface area contributed by atoms with Crippen LogP contribution in [0, 0.1) is 22.7 Å². The van der Waals surface area contributed by atoms with E-state index >= 15 is 0 Å². The number of hydrogen-bond donors (Lipinski definition) is 0. The van der Waals surface area contributed by atoms with Crippen molar-refractivity contribution in [2.75, 3.05) is 0 Å². The Morgan fingerprint density at radius 2 is 1.14 bits per heavy atom. The van der Waals surface area contributed by atoms with E-state index in [9.17, 15) is 10.5 Å². The van der Waals surface area contributed by atoms with E-state index in [4.69, 9.17) is 8.83 Å². The lowest BCUT2D eigenvalue weighted by atomic mass is 9.86. The average Bonchev–Trinajstić information content (AvgIpc) is 3.62. The summed E-state index contributed by atoms with van der Waals surface area (Å²) < 4.78 is 12.7. The number of nitriles is 2. The molecule has 194 valence electrons. The van der Waals surface area contributed by atoms with Crippen LogP contribution in [-0.4, -0.2) is 0 Å². The second-order valence-corrected chi connectivity index (χ2v) is 10.3. The molecule has 0 radical (unpaired) electrons. The largest absolute Gasteiger partial charge is 0.456 e. The van der Waals surface area contributed by atoms with Gasteiger partial charge in [0.1, 0.15) is 22.3 Å². The molecular weight excluding hydrogens is 516 g/mol. The monoisotopic (exact) mass is 536 g/mol. The summed E-state index contributed by atoms with van der Waals surface area (Å²) in [5.74, 6) is 0. The van der Waals surface area contributed by atoms with E-state index in [1.807, 2.05) is 54.6 Å². The zero-order valence-electron chi connectivity index (χ0n) is 22.3. The van der Waals surface area contributed by atoms with Crippen LogP contribution in [0.3, 0.4) is 0 Å². The molecule has 0 saturated heterocycles. The maximum atomic E-state index is 9.73. The number of furan rings is 2. The molecule has 0 bridgehead atoms. The minimum absolute atomic E-state index is 0.594. The summed E-state index contributed by atoms with van der Waals surface area (Å²) in [5.41, 5.74) is 10.3. The van der Waals surface area contributed by atoms with Crippen LogP contribution in [-0.2, 0) is 0 Å². The summed E-state index contributed by atoms with van der Waals surface area (Å²) in [6, 6.07) is 44.6. The quantitative estimate of drug-likeness (QED) is 0.225. The third-order valence-corrected chi connectivity index (χ3v) is 7.95. The van der Waals surface area contributed by atoms with Gasteiger partial charge in [0.25, 0.3) is 0 Å². The Morgan fingerprint density at radius 1 is 0.429 bits per heavy atom. The summed E-state index contributed by atoms with van der Waals surface area (Å²) in [7, 11) is 0. The maximum absolute atomic E-state index is 9.73. The predicted octanol–water partition coefficient (Wildman–Crippen LogP) is 10.2. The first-order chi connectivity index (χ1) is 20.7. The van der Waals surface area contributed by atoms with Gasteiger partial charge in [-0.2, -0.15) is 10.5 Å². The van der Waals surface area contributed by atoms with Gasteiger partial charge in [0.05, 0.1) is 23.3 Å². The minimum atomic E-state index is 0.594. The lowest BCUT2D eigenvalue weighted by molar-refractivity contribution is 0.669. The van der Waals surface area contributed by atoms with Crippen LogP contribution >= 0.6 is 0 Å². The van der Waals surface area contributed by atoms with Crippen LogP contribution in [0.25, 0.3) is 77.3 Å². The Balaban J connectivity index is 1.42. The molecule has 0 fully saturated rings. The standard InChI is InChI=1S/C38H20N2O2/c39-21-23-6-3-7-26(18-23)37-27(25-15-16-29-33-19-24(22-40)14-17-35(33)41-36(29)20-25)9-4-10-30(37)32-12-5-11-31-28-8-1-2-13-34(28)42-38(31)32/h1-20H. The Bertz CT molecular complexity index is 2450. The van der Waals surface area contributed by atoms with Gasteiger partial charge in [0.15, 0.2) is 0 Å². The normalized spacial score (nSPS) is 11.3. The smallest absolute Gasteiger partial charge is 0.143 e. The second kappa shape index (κ2) is 9.24. The van der Waals surface area contributed by atoms with E-state index in [0.717, 1.165) is 77.3 Å². The van der Waals surface area contributed by atoms with Crippen molar-refractivity contribution in [2.45, 2.75) is 0 Å². The fraction of sp³-hybridized carbons (Fsp3) is 0. The van der Waals surface area contributed by atoms with Crippen molar-refractivity contribution in [3.63, 3.8) is 0 Å². The summed E-state index contributed by atoms with van der Waals surface area (Å²) >= 11 is 0. The molecule has 0 atom stereocenters. The first kappa shape index (κ1) is 23.8. The zero-order chi connectivity index (χ0) is 28.2. The molecular formula is C38H20N2O2. The van der Waals surface area contributed by atoms with E-state index in [2.05, 4.69) is 72.8 Å². The molecule has 0 saturated carbocycles. The second-order valence-electron chi connectivity index (χ2n) is 10.3. The number of rotatable bonds is 3. The molecule has 6 aromatic carbocycles. The van der Waals surface area contributed by atoms with Crippen molar-refractivity contribution in [2.24, 2.45) is 0 Å². The predicted molar refractivity (Wildman–Crippen MR) is 167 cm³/mol. The van der Waals surface area contributed by atoms with Crippen molar-refractivity contribution in [1.82, 2.24) is 0 Å². The van der Waals surface area contributed by atoms with E-state index < -0.39 is 0 Å². The summed E-state index contributed by atoms with van der Waals surface area (Å²) in [6.07, 6.45) is 0. The molecule has 4 nitrogen and oxygen atoms in total. The highest BCUT2D eigenvalue weighted by molar-refractivity contribution is 6.12. The topological polar surface area (TPSA) is 73.9 Å². The van der Waals surface area contributed by atoms with Crippen molar-refractivity contribution >= 4 is 43.9 Å². The molecule has 4 heteroatoms. The Hall–Kier alpha value is -6.10. The van der Waals surface area contributed by atoms with Crippen LogP contribution in [0.15, 0.2) is 130 Å². The van der Waals surface area contributed by atoms with Gasteiger partial charge in [-0.25, -0.2) is 0 Å². The first-order valence-electron chi connectivity index (χ1n) is 13.6. The fourth-order valence-corrected chi connectivity index (χ4v) is 6.05. The van der Waals surface area contributed by atoms with E-state index in [0.29, 0.717) is 11.1 Å². The molecule has 0 aliphatic carbocycles. The minimum Gasteiger partial charge on any atom is -0.456 e. The number of benzene rings is 6. The van der Waals surface area contributed by atoms with Crippen molar-refractivity contribution in [3.05, 3.63) is 132 Å². The van der Waals surface area contributed by atoms with Gasteiger partial charge in [-0.05, 0) is 76.3 Å². The third-order valence-electron chi connectivity index (χ3n) is 7.95. The lowest BCUT2D eigenvalue weighted by Gasteiger charge is -2.17. The summed E-state index contributed by atoms with van der Waals surface area (Å²) in [6.45, 7) is 0. The highest BCUT2D eigenvalue weighted by Gasteiger charge is 2.19. The van der Waals surface area contributed by atoms with Crippen LogP contribution in [0.2, 0.25) is 0 Å². The Morgan fingerprint density at radius 3 is 2.05 bits per heavy atom. The first-order valence-corrected chi connectivity index (χ1v) is 13.6. The number of hydrogen-bond acceptors (Lipinski definition) is 4. The molecule has 0 amide bonds.